The molecule has 1 atom stereocenters. The molecule has 1 unspecified atom stereocenters. The number of rotatable bonds is 1. The quantitative estimate of drug-likeness (QED) is 0.706. The van der Waals surface area contributed by atoms with Crippen LogP contribution in [0.4, 0.5) is 0 Å². The van der Waals surface area contributed by atoms with Crippen LogP contribution in [0.5, 0.6) is 0 Å². The monoisotopic (exact) mass is 213 g/mol. The Morgan fingerprint density at radius 3 is 3.07 bits per heavy atom. The van der Waals surface area contributed by atoms with Crippen LogP contribution in [0.15, 0.2) is 42.0 Å². The summed E-state index contributed by atoms with van der Waals surface area (Å²) in [4.78, 5) is 5.50. The molecular weight excluding hydrogens is 202 g/mol. The normalized spacial score (nSPS) is 18.8. The molecule has 0 N–H and O–H groups in total. The molecule has 0 amide bonds. The minimum absolute atomic E-state index is 0.521. The van der Waals surface area contributed by atoms with Crippen LogP contribution in [0.2, 0.25) is 0 Å². The Bertz CT molecular complexity index is 485. The van der Waals surface area contributed by atoms with E-state index in [0.29, 0.717) is 5.92 Å². The van der Waals surface area contributed by atoms with Crippen molar-refractivity contribution < 1.29 is 0 Å². The standard InChI is InChI=1S/C13H11NS/c1-2-4-11-7-12(6-5-10(11)3-1)13-8-14-9-15-13/h1-6,8-9,12H,7H2. The molecule has 1 aliphatic rings. The Morgan fingerprint density at radius 2 is 2.20 bits per heavy atom. The number of nitrogens with zero attached hydrogens (tertiary/aromatic N) is 1. The van der Waals surface area contributed by atoms with E-state index in [1.54, 1.807) is 11.3 Å². The van der Waals surface area contributed by atoms with Gasteiger partial charge in [0.25, 0.3) is 0 Å². The van der Waals surface area contributed by atoms with E-state index in [1.165, 1.54) is 16.0 Å². The maximum Gasteiger partial charge on any atom is 0.0794 e. The van der Waals surface area contributed by atoms with Gasteiger partial charge in [-0.1, -0.05) is 36.4 Å². The molecule has 0 saturated heterocycles. The van der Waals surface area contributed by atoms with Gasteiger partial charge in [0, 0.05) is 17.0 Å². The molecule has 1 aromatic carbocycles. The molecule has 0 bridgehead atoms. The van der Waals surface area contributed by atoms with Crippen LogP contribution in [0, 0.1) is 0 Å². The van der Waals surface area contributed by atoms with Crippen molar-refractivity contribution in [3.8, 4) is 0 Å². The van der Waals surface area contributed by atoms with Gasteiger partial charge in [-0.3, -0.25) is 4.98 Å². The highest BCUT2D eigenvalue weighted by Gasteiger charge is 2.15. The lowest BCUT2D eigenvalue weighted by Gasteiger charge is -2.17. The van der Waals surface area contributed by atoms with Crippen molar-refractivity contribution in [2.45, 2.75) is 12.3 Å². The van der Waals surface area contributed by atoms with E-state index in [1.807, 2.05) is 11.7 Å². The average molecular weight is 213 g/mol. The largest absolute Gasteiger partial charge is 0.253 e. The molecule has 3 rings (SSSR count). The second-order valence-corrected chi connectivity index (χ2v) is 4.69. The van der Waals surface area contributed by atoms with Gasteiger partial charge in [0.1, 0.15) is 0 Å². The Labute approximate surface area is 93.1 Å². The van der Waals surface area contributed by atoms with E-state index in [4.69, 9.17) is 0 Å². The molecule has 74 valence electrons. The second kappa shape index (κ2) is 3.63. The Hall–Kier alpha value is -1.41. The molecule has 2 heteroatoms. The SMILES string of the molecule is C1=CC(c2cncs2)Cc2ccccc21. The highest BCUT2D eigenvalue weighted by Crippen LogP contribution is 2.31. The third kappa shape index (κ3) is 1.61. The number of aromatic nitrogens is 1. The number of hydrogen-bond donors (Lipinski definition) is 0. The molecule has 0 aliphatic heterocycles. The summed E-state index contributed by atoms with van der Waals surface area (Å²) < 4.78 is 0. The lowest BCUT2D eigenvalue weighted by atomic mass is 9.89. The molecule has 0 spiro atoms. The number of fused-ring (bicyclic) bond motifs is 1. The summed E-state index contributed by atoms with van der Waals surface area (Å²) in [5, 5.41) is 0. The predicted octanol–water partition coefficient (Wildman–Crippen LogP) is 3.50. The summed E-state index contributed by atoms with van der Waals surface area (Å²) in [5.41, 5.74) is 4.71. The topological polar surface area (TPSA) is 12.9 Å². The van der Waals surface area contributed by atoms with Crippen LogP contribution < -0.4 is 0 Å². The van der Waals surface area contributed by atoms with Crippen molar-refractivity contribution >= 4 is 17.4 Å². The number of thiazole rings is 1. The molecule has 1 aromatic heterocycles. The van der Waals surface area contributed by atoms with Gasteiger partial charge in [-0.05, 0) is 17.5 Å². The molecule has 0 radical (unpaired) electrons. The Kier molecular flexibility index (Phi) is 2.14. The molecular formula is C13H11NS. The molecule has 1 nitrogen and oxygen atoms in total. The number of allylic oxidation sites excluding steroid dienone is 1. The fourth-order valence-electron chi connectivity index (χ4n) is 2.01. The van der Waals surface area contributed by atoms with Gasteiger partial charge in [0.2, 0.25) is 0 Å². The molecule has 1 heterocycles. The predicted molar refractivity (Wildman–Crippen MR) is 64.0 cm³/mol. The highest BCUT2D eigenvalue weighted by molar-refractivity contribution is 7.09. The first-order valence-corrected chi connectivity index (χ1v) is 5.96. The third-order valence-corrected chi connectivity index (χ3v) is 3.73. The van der Waals surface area contributed by atoms with Gasteiger partial charge in [0.15, 0.2) is 0 Å². The summed E-state index contributed by atoms with van der Waals surface area (Å²) in [7, 11) is 0. The molecule has 1 aliphatic carbocycles. The van der Waals surface area contributed by atoms with E-state index in [0.717, 1.165) is 6.42 Å². The minimum Gasteiger partial charge on any atom is -0.253 e. The van der Waals surface area contributed by atoms with Gasteiger partial charge < -0.3 is 0 Å². The summed E-state index contributed by atoms with van der Waals surface area (Å²) in [6.07, 6.45) is 7.60. The van der Waals surface area contributed by atoms with Crippen LogP contribution in [-0.4, -0.2) is 4.98 Å². The maximum absolute atomic E-state index is 4.14. The van der Waals surface area contributed by atoms with Crippen molar-refractivity contribution in [1.82, 2.24) is 4.98 Å². The summed E-state index contributed by atoms with van der Waals surface area (Å²) in [5.74, 6) is 0.521. The third-order valence-electron chi connectivity index (χ3n) is 2.82. The molecule has 0 fully saturated rings. The van der Waals surface area contributed by atoms with E-state index < -0.39 is 0 Å². The van der Waals surface area contributed by atoms with Gasteiger partial charge in [0.05, 0.1) is 5.51 Å². The summed E-state index contributed by atoms with van der Waals surface area (Å²) in [6.45, 7) is 0. The van der Waals surface area contributed by atoms with Gasteiger partial charge in [-0.25, -0.2) is 0 Å². The Balaban J connectivity index is 1.96. The van der Waals surface area contributed by atoms with E-state index in [-0.39, 0.29) is 0 Å². The zero-order chi connectivity index (χ0) is 10.1. The average Bonchev–Trinajstić information content (AvgIpc) is 2.82. The lowest BCUT2D eigenvalue weighted by Crippen LogP contribution is -2.03. The summed E-state index contributed by atoms with van der Waals surface area (Å²) >= 11 is 1.74. The maximum atomic E-state index is 4.14. The van der Waals surface area contributed by atoms with Crippen LogP contribution in [0.25, 0.3) is 6.08 Å². The zero-order valence-electron chi connectivity index (χ0n) is 8.26. The van der Waals surface area contributed by atoms with Crippen molar-refractivity contribution in [2.75, 3.05) is 0 Å². The first kappa shape index (κ1) is 8.86. The van der Waals surface area contributed by atoms with Crippen LogP contribution in [0.3, 0.4) is 0 Å². The van der Waals surface area contributed by atoms with Gasteiger partial charge >= 0.3 is 0 Å². The molecule has 15 heavy (non-hydrogen) atoms. The number of benzene rings is 1. The van der Waals surface area contributed by atoms with Crippen LogP contribution in [-0.2, 0) is 6.42 Å². The van der Waals surface area contributed by atoms with Crippen LogP contribution >= 0.6 is 11.3 Å². The van der Waals surface area contributed by atoms with Crippen molar-refractivity contribution in [3.05, 3.63) is 58.1 Å². The fourth-order valence-corrected chi connectivity index (χ4v) is 2.71. The van der Waals surface area contributed by atoms with E-state index in [2.05, 4.69) is 41.4 Å². The lowest BCUT2D eigenvalue weighted by molar-refractivity contribution is 0.841. The van der Waals surface area contributed by atoms with Crippen molar-refractivity contribution in [3.63, 3.8) is 0 Å². The zero-order valence-corrected chi connectivity index (χ0v) is 9.08. The van der Waals surface area contributed by atoms with E-state index in [9.17, 15) is 0 Å². The van der Waals surface area contributed by atoms with Crippen molar-refractivity contribution in [1.29, 1.82) is 0 Å². The van der Waals surface area contributed by atoms with Gasteiger partial charge in [-0.2, -0.15) is 0 Å². The van der Waals surface area contributed by atoms with Crippen molar-refractivity contribution in [2.24, 2.45) is 0 Å². The smallest absolute Gasteiger partial charge is 0.0794 e. The molecule has 0 saturated carbocycles. The van der Waals surface area contributed by atoms with Gasteiger partial charge in [-0.15, -0.1) is 11.3 Å². The van der Waals surface area contributed by atoms with Crippen LogP contribution in [0.1, 0.15) is 21.9 Å². The molecule has 2 aromatic rings. The fraction of sp³-hybridized carbons (Fsp3) is 0.154. The first-order valence-electron chi connectivity index (χ1n) is 5.08. The highest BCUT2D eigenvalue weighted by atomic mass is 32.1. The number of hydrogen-bond acceptors (Lipinski definition) is 2. The summed E-state index contributed by atoms with van der Waals surface area (Å²) in [6, 6.07) is 8.60. The first-order chi connectivity index (χ1) is 7.43. The Morgan fingerprint density at radius 1 is 1.27 bits per heavy atom. The minimum atomic E-state index is 0.521. The van der Waals surface area contributed by atoms with E-state index >= 15 is 0 Å². The second-order valence-electron chi connectivity index (χ2n) is 3.77.